The number of fused-ring (bicyclic) bond motifs is 1. The zero-order valence-electron chi connectivity index (χ0n) is 20.3. The number of benzene rings is 2. The minimum absolute atomic E-state index is 0. The first-order valence-corrected chi connectivity index (χ1v) is 12.0. The lowest BCUT2D eigenvalue weighted by molar-refractivity contribution is 0.0986. The molecular formula is C26H33ClN6O2. The second kappa shape index (κ2) is 11.2. The SMILES string of the molecule is CN(C(=O)c1cc(N2CCNCC2)nc(OC[C@@H]2CCCN2C)n1)c1cccc2ccccc12.Cl. The molecule has 9 heteroatoms. The molecule has 0 unspecified atom stereocenters. The number of anilines is 2. The van der Waals surface area contributed by atoms with Crippen LogP contribution in [0.25, 0.3) is 10.8 Å². The predicted octanol–water partition coefficient (Wildman–Crippen LogP) is 3.21. The Balaban J connectivity index is 0.00000289. The van der Waals surface area contributed by atoms with E-state index >= 15 is 0 Å². The molecule has 186 valence electrons. The summed E-state index contributed by atoms with van der Waals surface area (Å²) in [6.45, 7) is 5.02. The van der Waals surface area contributed by atoms with Gasteiger partial charge in [-0.1, -0.05) is 36.4 Å². The molecular weight excluding hydrogens is 464 g/mol. The van der Waals surface area contributed by atoms with Crippen molar-refractivity contribution < 1.29 is 9.53 Å². The lowest BCUT2D eigenvalue weighted by Crippen LogP contribution is -2.44. The summed E-state index contributed by atoms with van der Waals surface area (Å²) >= 11 is 0. The molecule has 0 aliphatic carbocycles. The third kappa shape index (κ3) is 5.50. The van der Waals surface area contributed by atoms with E-state index in [9.17, 15) is 4.79 Å². The molecule has 1 atom stereocenters. The Morgan fingerprint density at radius 2 is 1.89 bits per heavy atom. The number of piperazine rings is 1. The van der Waals surface area contributed by atoms with Crippen LogP contribution in [0.5, 0.6) is 6.01 Å². The molecule has 2 aliphatic heterocycles. The highest BCUT2D eigenvalue weighted by Gasteiger charge is 2.24. The normalized spacial score (nSPS) is 18.3. The number of nitrogens with one attached hydrogen (secondary N) is 1. The minimum Gasteiger partial charge on any atom is -0.462 e. The summed E-state index contributed by atoms with van der Waals surface area (Å²) < 4.78 is 6.06. The number of carbonyl (C=O) groups is 1. The fraction of sp³-hybridized carbons (Fsp3) is 0.423. The minimum atomic E-state index is -0.182. The summed E-state index contributed by atoms with van der Waals surface area (Å²) in [5.41, 5.74) is 1.19. The van der Waals surface area contributed by atoms with Crippen molar-refractivity contribution >= 4 is 40.6 Å². The van der Waals surface area contributed by atoms with E-state index in [1.807, 2.05) is 30.3 Å². The highest BCUT2D eigenvalue weighted by atomic mass is 35.5. The highest BCUT2D eigenvalue weighted by Crippen LogP contribution is 2.28. The molecule has 3 heterocycles. The van der Waals surface area contributed by atoms with Crippen LogP contribution in [0.3, 0.4) is 0 Å². The first kappa shape index (κ1) is 25.2. The zero-order chi connectivity index (χ0) is 23.5. The van der Waals surface area contributed by atoms with Gasteiger partial charge in [0.15, 0.2) is 0 Å². The molecule has 35 heavy (non-hydrogen) atoms. The van der Waals surface area contributed by atoms with Crippen LogP contribution >= 0.6 is 12.4 Å². The fourth-order valence-corrected chi connectivity index (χ4v) is 4.79. The van der Waals surface area contributed by atoms with Crippen LogP contribution in [0.1, 0.15) is 23.3 Å². The summed E-state index contributed by atoms with van der Waals surface area (Å²) in [5, 5.41) is 5.48. The van der Waals surface area contributed by atoms with Crippen LogP contribution < -0.4 is 19.9 Å². The standard InChI is InChI=1S/C26H32N6O2.ClH/c1-30-14-6-9-20(30)18-34-26-28-22(17-24(29-26)32-15-12-27-13-16-32)25(33)31(2)23-11-5-8-19-7-3-4-10-21(19)23;/h3-5,7-8,10-11,17,20,27H,6,9,12-16,18H2,1-2H3;1H/t20-;/m0./s1. The number of rotatable bonds is 6. The molecule has 5 rings (SSSR count). The van der Waals surface area contributed by atoms with Crippen molar-refractivity contribution in [2.45, 2.75) is 18.9 Å². The lowest BCUT2D eigenvalue weighted by atomic mass is 10.1. The van der Waals surface area contributed by atoms with Crippen LogP contribution in [-0.2, 0) is 0 Å². The number of likely N-dealkylation sites (N-methyl/N-ethyl adjacent to an activating group) is 1. The molecule has 0 spiro atoms. The van der Waals surface area contributed by atoms with Gasteiger partial charge in [-0.3, -0.25) is 4.79 Å². The zero-order valence-corrected chi connectivity index (χ0v) is 21.1. The molecule has 0 radical (unpaired) electrons. The van der Waals surface area contributed by atoms with E-state index in [1.165, 1.54) is 6.42 Å². The summed E-state index contributed by atoms with van der Waals surface area (Å²) in [4.78, 5) is 29.0. The van der Waals surface area contributed by atoms with Crippen LogP contribution in [0.4, 0.5) is 11.5 Å². The van der Waals surface area contributed by atoms with E-state index < -0.39 is 0 Å². The number of carbonyl (C=O) groups excluding carboxylic acids is 1. The third-order valence-corrected chi connectivity index (χ3v) is 6.86. The molecule has 1 aromatic heterocycles. The fourth-order valence-electron chi connectivity index (χ4n) is 4.79. The number of likely N-dealkylation sites (tertiary alicyclic amines) is 1. The number of amides is 1. The Bertz CT molecular complexity index is 1160. The van der Waals surface area contributed by atoms with Crippen molar-refractivity contribution in [2.24, 2.45) is 0 Å². The van der Waals surface area contributed by atoms with Gasteiger partial charge >= 0.3 is 6.01 Å². The second-order valence-electron chi connectivity index (χ2n) is 9.08. The molecule has 1 N–H and O–H groups in total. The summed E-state index contributed by atoms with van der Waals surface area (Å²) in [7, 11) is 3.91. The van der Waals surface area contributed by atoms with Gasteiger partial charge in [0.2, 0.25) is 0 Å². The van der Waals surface area contributed by atoms with Crippen molar-refractivity contribution in [2.75, 3.05) is 63.2 Å². The maximum absolute atomic E-state index is 13.6. The van der Waals surface area contributed by atoms with Crippen molar-refractivity contribution in [3.63, 3.8) is 0 Å². The van der Waals surface area contributed by atoms with Gasteiger partial charge in [0.25, 0.3) is 5.91 Å². The smallest absolute Gasteiger partial charge is 0.319 e. The highest BCUT2D eigenvalue weighted by molar-refractivity contribution is 6.09. The van der Waals surface area contributed by atoms with Crippen molar-refractivity contribution in [1.82, 2.24) is 20.2 Å². The number of aromatic nitrogens is 2. The molecule has 0 saturated carbocycles. The van der Waals surface area contributed by atoms with Crippen molar-refractivity contribution in [3.05, 3.63) is 54.2 Å². The van der Waals surface area contributed by atoms with Gasteiger partial charge in [0.1, 0.15) is 18.1 Å². The van der Waals surface area contributed by atoms with E-state index in [0.717, 1.165) is 61.4 Å². The molecule has 2 fully saturated rings. The number of hydrogen-bond acceptors (Lipinski definition) is 7. The quantitative estimate of drug-likeness (QED) is 0.561. The third-order valence-electron chi connectivity index (χ3n) is 6.86. The summed E-state index contributed by atoms with van der Waals surface area (Å²) in [6.07, 6.45) is 2.27. The molecule has 1 amide bonds. The van der Waals surface area contributed by atoms with Crippen LogP contribution in [0, 0.1) is 0 Å². The Kier molecular flexibility index (Phi) is 8.05. The van der Waals surface area contributed by atoms with Gasteiger partial charge in [-0.25, -0.2) is 0 Å². The Hall–Kier alpha value is -2.94. The van der Waals surface area contributed by atoms with E-state index in [2.05, 4.69) is 44.3 Å². The Morgan fingerprint density at radius 3 is 2.66 bits per heavy atom. The first-order valence-electron chi connectivity index (χ1n) is 12.0. The van der Waals surface area contributed by atoms with Crippen LogP contribution in [0.2, 0.25) is 0 Å². The van der Waals surface area contributed by atoms with E-state index in [0.29, 0.717) is 18.3 Å². The predicted molar refractivity (Wildman–Crippen MR) is 142 cm³/mol. The monoisotopic (exact) mass is 496 g/mol. The second-order valence-corrected chi connectivity index (χ2v) is 9.08. The van der Waals surface area contributed by atoms with Gasteiger partial charge in [-0.2, -0.15) is 9.97 Å². The number of nitrogens with zero attached hydrogens (tertiary/aromatic N) is 5. The maximum Gasteiger partial charge on any atom is 0.319 e. The average molecular weight is 497 g/mol. The number of hydrogen-bond donors (Lipinski definition) is 1. The average Bonchev–Trinajstić information content (AvgIpc) is 3.31. The first-order chi connectivity index (χ1) is 16.6. The van der Waals surface area contributed by atoms with Gasteiger partial charge in [-0.15, -0.1) is 12.4 Å². The van der Waals surface area contributed by atoms with Crippen LogP contribution in [0.15, 0.2) is 48.5 Å². The molecule has 0 bridgehead atoms. The molecule has 8 nitrogen and oxygen atoms in total. The van der Waals surface area contributed by atoms with Crippen molar-refractivity contribution in [3.8, 4) is 6.01 Å². The van der Waals surface area contributed by atoms with Gasteiger partial charge in [0.05, 0.1) is 5.69 Å². The summed E-state index contributed by atoms with van der Waals surface area (Å²) in [5.74, 6) is 0.555. The van der Waals surface area contributed by atoms with Crippen LogP contribution in [-0.4, -0.2) is 80.2 Å². The van der Waals surface area contributed by atoms with E-state index in [-0.39, 0.29) is 24.3 Å². The van der Waals surface area contributed by atoms with Crippen molar-refractivity contribution in [1.29, 1.82) is 0 Å². The molecule has 2 aromatic carbocycles. The topological polar surface area (TPSA) is 73.8 Å². The Morgan fingerprint density at radius 1 is 1.11 bits per heavy atom. The van der Waals surface area contributed by atoms with Gasteiger partial charge in [0, 0.05) is 50.7 Å². The molecule has 3 aromatic rings. The van der Waals surface area contributed by atoms with Gasteiger partial charge < -0.3 is 24.8 Å². The molecule has 2 aliphatic rings. The Labute approximate surface area is 212 Å². The lowest BCUT2D eigenvalue weighted by Gasteiger charge is -2.29. The molecule has 2 saturated heterocycles. The number of halogens is 1. The largest absolute Gasteiger partial charge is 0.462 e. The summed E-state index contributed by atoms with van der Waals surface area (Å²) in [6, 6.07) is 16.5. The van der Waals surface area contributed by atoms with E-state index in [1.54, 1.807) is 18.0 Å². The maximum atomic E-state index is 13.6. The number of ether oxygens (including phenoxy) is 1. The van der Waals surface area contributed by atoms with E-state index in [4.69, 9.17) is 4.74 Å². The van der Waals surface area contributed by atoms with Gasteiger partial charge in [-0.05, 0) is 37.9 Å².